The van der Waals surface area contributed by atoms with Crippen molar-refractivity contribution in [1.29, 1.82) is 0 Å². The van der Waals surface area contributed by atoms with Gasteiger partial charge in [-0.25, -0.2) is 0 Å². The first-order valence-corrected chi connectivity index (χ1v) is 11.7. The summed E-state index contributed by atoms with van der Waals surface area (Å²) in [5.41, 5.74) is 3.83. The molecule has 1 atom stereocenters. The first-order chi connectivity index (χ1) is 16.1. The molecular weight excluding hydrogens is 402 g/mol. The zero-order valence-corrected chi connectivity index (χ0v) is 19.9. The molecule has 0 N–H and O–H groups in total. The van der Waals surface area contributed by atoms with Crippen LogP contribution in [0.4, 0.5) is 0 Å². The van der Waals surface area contributed by atoms with Crippen molar-refractivity contribution in [3.8, 4) is 0 Å². The second kappa shape index (κ2) is 9.91. The van der Waals surface area contributed by atoms with Crippen LogP contribution in [0.5, 0.6) is 0 Å². The Labute approximate surface area is 198 Å². The summed E-state index contributed by atoms with van der Waals surface area (Å²) in [5.74, 6) is 1.03. The van der Waals surface area contributed by atoms with Crippen molar-refractivity contribution in [1.82, 2.24) is 9.80 Å². The molecule has 3 aromatic rings. The molecule has 0 amide bonds. The maximum absolute atomic E-state index is 5.17. The van der Waals surface area contributed by atoms with Gasteiger partial charge in [0.15, 0.2) is 0 Å². The molecule has 3 heteroatoms. The van der Waals surface area contributed by atoms with E-state index >= 15 is 0 Å². The number of amidine groups is 1. The van der Waals surface area contributed by atoms with Gasteiger partial charge in [0.05, 0.1) is 6.54 Å². The Hall–Kier alpha value is -3.59. The standard InChI is InChI=1S/C30H33N3/c1-5-29-31-23-25(3)32(4)22-21-24(2)33(29)30(26-15-9-6-10-16-26,27-17-11-7-12-18-27)28-19-13-8-14-20-28/h6-22,25H,2,5,23H2,1,3-4H3/b22-21-,31-29+. The van der Waals surface area contributed by atoms with Crippen LogP contribution < -0.4 is 0 Å². The van der Waals surface area contributed by atoms with Gasteiger partial charge < -0.3 is 9.80 Å². The second-order valence-corrected chi connectivity index (χ2v) is 8.58. The Kier molecular flexibility index (Phi) is 6.79. The van der Waals surface area contributed by atoms with E-state index < -0.39 is 5.54 Å². The van der Waals surface area contributed by atoms with E-state index in [0.717, 1.165) is 24.5 Å². The van der Waals surface area contributed by atoms with E-state index in [1.807, 2.05) is 0 Å². The highest BCUT2D eigenvalue weighted by molar-refractivity contribution is 5.87. The molecule has 168 valence electrons. The fourth-order valence-electron chi connectivity index (χ4n) is 4.63. The van der Waals surface area contributed by atoms with Crippen molar-refractivity contribution in [2.24, 2.45) is 4.99 Å². The molecule has 0 saturated heterocycles. The van der Waals surface area contributed by atoms with E-state index in [-0.39, 0.29) is 0 Å². The number of hydrogen-bond donors (Lipinski definition) is 0. The molecule has 4 rings (SSSR count). The Morgan fingerprint density at radius 2 is 1.30 bits per heavy atom. The number of hydrogen-bond acceptors (Lipinski definition) is 3. The smallest absolute Gasteiger partial charge is 0.122 e. The summed E-state index contributed by atoms with van der Waals surface area (Å²) >= 11 is 0. The summed E-state index contributed by atoms with van der Waals surface area (Å²) in [4.78, 5) is 9.73. The van der Waals surface area contributed by atoms with Gasteiger partial charge in [-0.05, 0) is 29.7 Å². The van der Waals surface area contributed by atoms with Crippen molar-refractivity contribution in [3.63, 3.8) is 0 Å². The summed E-state index contributed by atoms with van der Waals surface area (Å²) < 4.78 is 0. The summed E-state index contributed by atoms with van der Waals surface area (Å²) in [6.07, 6.45) is 5.05. The highest BCUT2D eigenvalue weighted by Gasteiger charge is 2.44. The summed E-state index contributed by atoms with van der Waals surface area (Å²) in [6, 6.07) is 32.5. The average molecular weight is 436 g/mol. The van der Waals surface area contributed by atoms with Crippen molar-refractivity contribution in [2.75, 3.05) is 13.6 Å². The Balaban J connectivity index is 2.11. The van der Waals surface area contributed by atoms with Crippen molar-refractivity contribution in [2.45, 2.75) is 31.8 Å². The lowest BCUT2D eigenvalue weighted by atomic mass is 9.75. The van der Waals surface area contributed by atoms with Crippen LogP contribution in [0.15, 0.2) is 121 Å². The van der Waals surface area contributed by atoms with Gasteiger partial charge in [0.2, 0.25) is 0 Å². The van der Waals surface area contributed by atoms with Crippen LogP contribution >= 0.6 is 0 Å². The highest BCUT2D eigenvalue weighted by Crippen LogP contribution is 2.45. The van der Waals surface area contributed by atoms with E-state index in [9.17, 15) is 0 Å². The van der Waals surface area contributed by atoms with E-state index in [0.29, 0.717) is 6.04 Å². The lowest BCUT2D eigenvalue weighted by molar-refractivity contribution is 0.327. The Morgan fingerprint density at radius 1 is 0.848 bits per heavy atom. The van der Waals surface area contributed by atoms with Gasteiger partial charge >= 0.3 is 0 Å². The van der Waals surface area contributed by atoms with Crippen molar-refractivity contribution >= 4 is 5.84 Å². The molecule has 0 aromatic heterocycles. The minimum Gasteiger partial charge on any atom is -0.376 e. The normalized spacial score (nSPS) is 19.8. The van der Waals surface area contributed by atoms with Crippen LogP contribution in [0.25, 0.3) is 0 Å². The molecule has 0 fully saturated rings. The first kappa shape index (κ1) is 22.6. The van der Waals surface area contributed by atoms with Crippen LogP contribution in [-0.4, -0.2) is 35.3 Å². The predicted octanol–water partition coefficient (Wildman–Crippen LogP) is 6.45. The van der Waals surface area contributed by atoms with E-state index in [1.165, 1.54) is 16.7 Å². The molecule has 1 aliphatic rings. The van der Waals surface area contributed by atoms with E-state index in [4.69, 9.17) is 4.99 Å². The number of aliphatic imine (C=N–C) groups is 1. The molecule has 3 nitrogen and oxygen atoms in total. The predicted molar refractivity (Wildman–Crippen MR) is 139 cm³/mol. The molecule has 1 unspecified atom stereocenters. The van der Waals surface area contributed by atoms with Gasteiger partial charge in [0.1, 0.15) is 11.4 Å². The molecule has 0 radical (unpaired) electrons. The van der Waals surface area contributed by atoms with Crippen LogP contribution in [0.2, 0.25) is 0 Å². The lowest BCUT2D eigenvalue weighted by Gasteiger charge is -2.47. The maximum Gasteiger partial charge on any atom is 0.122 e. The SMILES string of the molecule is C=C1/C=C\N(C)C(C)C/N=C(\CC)N1C(c1ccccc1)(c1ccccc1)c1ccccc1. The molecule has 0 bridgehead atoms. The zero-order chi connectivity index (χ0) is 23.3. The number of allylic oxidation sites excluding steroid dienone is 1. The topological polar surface area (TPSA) is 18.8 Å². The zero-order valence-electron chi connectivity index (χ0n) is 19.9. The summed E-state index contributed by atoms with van der Waals surface area (Å²) in [5, 5.41) is 0. The largest absolute Gasteiger partial charge is 0.376 e. The second-order valence-electron chi connectivity index (χ2n) is 8.58. The maximum atomic E-state index is 5.17. The van der Waals surface area contributed by atoms with Gasteiger partial charge in [-0.15, -0.1) is 0 Å². The van der Waals surface area contributed by atoms with Gasteiger partial charge in [-0.3, -0.25) is 4.99 Å². The molecule has 0 saturated carbocycles. The number of rotatable bonds is 5. The van der Waals surface area contributed by atoms with Crippen LogP contribution in [0, 0.1) is 0 Å². The van der Waals surface area contributed by atoms with Crippen LogP contribution in [0.1, 0.15) is 37.0 Å². The fourth-order valence-corrected chi connectivity index (χ4v) is 4.63. The third-order valence-electron chi connectivity index (χ3n) is 6.51. The summed E-state index contributed by atoms with van der Waals surface area (Å²) in [7, 11) is 2.10. The van der Waals surface area contributed by atoms with Crippen molar-refractivity contribution in [3.05, 3.63) is 132 Å². The fraction of sp³-hybridized carbons (Fsp3) is 0.233. The molecular formula is C30H33N3. The molecule has 3 aromatic carbocycles. The van der Waals surface area contributed by atoms with Gasteiger partial charge in [0, 0.05) is 31.4 Å². The number of nitrogens with zero attached hydrogens (tertiary/aromatic N) is 3. The monoisotopic (exact) mass is 435 g/mol. The third kappa shape index (κ3) is 4.23. The molecule has 0 spiro atoms. The number of benzene rings is 3. The van der Waals surface area contributed by atoms with E-state index in [2.05, 4.69) is 141 Å². The molecule has 1 heterocycles. The van der Waals surface area contributed by atoms with Gasteiger partial charge in [0.25, 0.3) is 0 Å². The Morgan fingerprint density at radius 3 is 1.73 bits per heavy atom. The van der Waals surface area contributed by atoms with Crippen molar-refractivity contribution < 1.29 is 0 Å². The van der Waals surface area contributed by atoms with Gasteiger partial charge in [-0.2, -0.15) is 0 Å². The molecule has 1 aliphatic heterocycles. The third-order valence-corrected chi connectivity index (χ3v) is 6.51. The van der Waals surface area contributed by atoms with Crippen LogP contribution in [0.3, 0.4) is 0 Å². The molecule has 33 heavy (non-hydrogen) atoms. The quantitative estimate of drug-likeness (QED) is 0.429. The molecule has 0 aliphatic carbocycles. The minimum atomic E-state index is -0.619. The average Bonchev–Trinajstić information content (AvgIpc) is 2.92. The lowest BCUT2D eigenvalue weighted by Crippen LogP contribution is -2.50. The summed E-state index contributed by atoms with van der Waals surface area (Å²) in [6.45, 7) is 9.68. The number of likely N-dealkylation sites (N-methyl/N-ethyl adjacent to an activating group) is 1. The van der Waals surface area contributed by atoms with Crippen LogP contribution in [-0.2, 0) is 5.54 Å². The van der Waals surface area contributed by atoms with Gasteiger partial charge in [-0.1, -0.05) is 104 Å². The Bertz CT molecular complexity index is 1020. The van der Waals surface area contributed by atoms with E-state index in [1.54, 1.807) is 0 Å². The first-order valence-electron chi connectivity index (χ1n) is 11.7. The minimum absolute atomic E-state index is 0.301. The highest BCUT2D eigenvalue weighted by atomic mass is 15.3.